The second kappa shape index (κ2) is 10.4. The molecule has 8 nitrogen and oxygen atoms in total. The fraction of sp³-hybridized carbons (Fsp3) is 0.370. The van der Waals surface area contributed by atoms with Crippen molar-refractivity contribution in [2.45, 2.75) is 51.2 Å². The van der Waals surface area contributed by atoms with Gasteiger partial charge in [0.15, 0.2) is 22.6 Å². The van der Waals surface area contributed by atoms with Crippen molar-refractivity contribution in [2.75, 3.05) is 13.7 Å². The Morgan fingerprint density at radius 1 is 1.17 bits per heavy atom. The van der Waals surface area contributed by atoms with Crippen molar-refractivity contribution in [3.63, 3.8) is 0 Å². The van der Waals surface area contributed by atoms with Crippen LogP contribution in [0.5, 0.6) is 17.2 Å². The molecule has 1 fully saturated rings. The van der Waals surface area contributed by atoms with Crippen LogP contribution in [0, 0.1) is 11.2 Å². The number of benzene rings is 2. The van der Waals surface area contributed by atoms with E-state index in [0.717, 1.165) is 29.9 Å². The smallest absolute Gasteiger partial charge is 0.173 e. The molecule has 1 aliphatic rings. The van der Waals surface area contributed by atoms with Gasteiger partial charge in [0, 0.05) is 12.0 Å². The number of fused-ring (bicyclic) bond motifs is 1. The zero-order valence-corrected chi connectivity index (χ0v) is 20.5. The molecule has 1 aliphatic carbocycles. The number of ether oxygens (including phenoxy) is 3. The first-order chi connectivity index (χ1) is 17.5. The second-order valence-corrected chi connectivity index (χ2v) is 9.22. The zero-order chi connectivity index (χ0) is 25.1. The highest BCUT2D eigenvalue weighted by atomic mass is 19.1. The van der Waals surface area contributed by atoms with Crippen molar-refractivity contribution < 1.29 is 18.6 Å². The number of nitrogens with zero attached hydrogens (tertiary/aromatic N) is 3. The van der Waals surface area contributed by atoms with Crippen molar-refractivity contribution >= 4 is 11.2 Å². The molecule has 0 saturated heterocycles. The Morgan fingerprint density at radius 2 is 2.00 bits per heavy atom. The molecule has 0 unspecified atom stereocenters. The first-order valence-electron chi connectivity index (χ1n) is 12.2. The number of hydrogen-bond acceptors (Lipinski definition) is 6. The summed E-state index contributed by atoms with van der Waals surface area (Å²) in [6.45, 7) is 2.78. The fourth-order valence-electron chi connectivity index (χ4n) is 4.50. The van der Waals surface area contributed by atoms with E-state index < -0.39 is 0 Å². The van der Waals surface area contributed by atoms with Crippen LogP contribution in [0.25, 0.3) is 11.2 Å². The lowest BCUT2D eigenvalue weighted by Gasteiger charge is -2.17. The number of nitrogens with one attached hydrogen (secondary N) is 2. The van der Waals surface area contributed by atoms with Crippen LogP contribution >= 0.6 is 0 Å². The van der Waals surface area contributed by atoms with Gasteiger partial charge >= 0.3 is 0 Å². The molecule has 0 radical (unpaired) electrons. The summed E-state index contributed by atoms with van der Waals surface area (Å²) in [4.78, 5) is 12.3. The van der Waals surface area contributed by atoms with Crippen molar-refractivity contribution in [3.05, 3.63) is 71.5 Å². The summed E-state index contributed by atoms with van der Waals surface area (Å²) in [5.74, 6) is 2.15. The van der Waals surface area contributed by atoms with Crippen LogP contribution in [0.2, 0.25) is 0 Å². The first-order valence-corrected chi connectivity index (χ1v) is 12.2. The van der Waals surface area contributed by atoms with Crippen molar-refractivity contribution in [3.8, 4) is 17.2 Å². The molecule has 1 saturated carbocycles. The lowest BCUT2D eigenvalue weighted by Crippen LogP contribution is -2.14. The predicted octanol–water partition coefficient (Wildman–Crippen LogP) is 4.94. The highest BCUT2D eigenvalue weighted by Crippen LogP contribution is 2.33. The maximum atomic E-state index is 13.4. The number of H-pyrrole nitrogens is 1. The summed E-state index contributed by atoms with van der Waals surface area (Å²) in [5.41, 5.74) is 2.33. The van der Waals surface area contributed by atoms with Gasteiger partial charge in [-0.2, -0.15) is 0 Å². The van der Waals surface area contributed by atoms with Crippen LogP contribution in [0.15, 0.2) is 48.8 Å². The second-order valence-electron chi connectivity index (χ2n) is 9.22. The lowest BCUT2D eigenvalue weighted by molar-refractivity contribution is 0.200. The summed E-state index contributed by atoms with van der Waals surface area (Å²) in [7, 11) is 1.65. The quantitative estimate of drug-likeness (QED) is 0.346. The SMILES string of the molecule is COc1ccc(Cn2cnc(=N)c3[nH]c([C@@H](C)COc4cccc(F)c4)nc32)cc1OC1CCCC1. The molecule has 9 heteroatoms. The van der Waals surface area contributed by atoms with Crippen LogP contribution in [0.4, 0.5) is 4.39 Å². The molecule has 0 spiro atoms. The van der Waals surface area contributed by atoms with Gasteiger partial charge in [-0.05, 0) is 55.5 Å². The molecule has 5 rings (SSSR count). The summed E-state index contributed by atoms with van der Waals surface area (Å²) < 4.78 is 32.9. The van der Waals surface area contributed by atoms with E-state index in [1.165, 1.54) is 25.0 Å². The van der Waals surface area contributed by atoms with Gasteiger partial charge in [-0.1, -0.05) is 19.1 Å². The van der Waals surface area contributed by atoms with Crippen molar-refractivity contribution in [2.24, 2.45) is 0 Å². The van der Waals surface area contributed by atoms with E-state index in [2.05, 4.69) is 9.97 Å². The van der Waals surface area contributed by atoms with Gasteiger partial charge in [-0.25, -0.2) is 14.4 Å². The van der Waals surface area contributed by atoms with Gasteiger partial charge in [0.2, 0.25) is 0 Å². The zero-order valence-electron chi connectivity index (χ0n) is 20.5. The Bertz CT molecular complexity index is 1410. The van der Waals surface area contributed by atoms with Gasteiger partial charge in [0.25, 0.3) is 0 Å². The van der Waals surface area contributed by atoms with Gasteiger partial charge in [-0.15, -0.1) is 0 Å². The number of rotatable bonds is 9. The number of imidazole rings is 1. The summed E-state index contributed by atoms with van der Waals surface area (Å²) >= 11 is 0. The molecule has 2 aromatic heterocycles. The Balaban J connectivity index is 1.37. The molecule has 2 N–H and O–H groups in total. The Morgan fingerprint density at radius 3 is 2.78 bits per heavy atom. The monoisotopic (exact) mass is 491 g/mol. The van der Waals surface area contributed by atoms with Crippen LogP contribution in [-0.2, 0) is 6.54 Å². The van der Waals surface area contributed by atoms with Gasteiger partial charge < -0.3 is 23.8 Å². The normalized spacial score (nSPS) is 14.8. The number of halogens is 1. The third kappa shape index (κ3) is 5.19. The van der Waals surface area contributed by atoms with Gasteiger partial charge in [-0.3, -0.25) is 5.41 Å². The summed E-state index contributed by atoms with van der Waals surface area (Å²) in [5, 5.41) is 8.26. The summed E-state index contributed by atoms with van der Waals surface area (Å²) in [6, 6.07) is 12.0. The van der Waals surface area contributed by atoms with Crippen LogP contribution in [-0.4, -0.2) is 39.3 Å². The minimum Gasteiger partial charge on any atom is -0.493 e. The largest absolute Gasteiger partial charge is 0.493 e. The van der Waals surface area contributed by atoms with Crippen molar-refractivity contribution in [1.82, 2.24) is 19.5 Å². The molecule has 36 heavy (non-hydrogen) atoms. The van der Waals surface area contributed by atoms with Crippen LogP contribution in [0.1, 0.15) is 49.9 Å². The highest BCUT2D eigenvalue weighted by molar-refractivity contribution is 5.69. The molecule has 0 aliphatic heterocycles. The van der Waals surface area contributed by atoms with E-state index >= 15 is 0 Å². The lowest BCUT2D eigenvalue weighted by atomic mass is 10.2. The van der Waals surface area contributed by atoms with Gasteiger partial charge in [0.1, 0.15) is 22.9 Å². The maximum absolute atomic E-state index is 13.4. The van der Waals surface area contributed by atoms with Crippen LogP contribution < -0.4 is 19.7 Å². The average molecular weight is 492 g/mol. The Labute approximate surface area is 208 Å². The molecule has 2 heterocycles. The molecule has 4 aromatic rings. The number of hydrogen-bond donors (Lipinski definition) is 2. The first kappa shape index (κ1) is 23.8. The number of aromatic nitrogens is 4. The molecular formula is C27H30FN5O3. The predicted molar refractivity (Wildman–Crippen MR) is 133 cm³/mol. The minimum absolute atomic E-state index is 0.110. The van der Waals surface area contributed by atoms with E-state index in [1.807, 2.05) is 29.7 Å². The Hall–Kier alpha value is -3.88. The minimum atomic E-state index is -0.342. The molecular weight excluding hydrogens is 461 g/mol. The molecule has 1 atom stereocenters. The van der Waals surface area contributed by atoms with E-state index in [9.17, 15) is 4.39 Å². The topological polar surface area (TPSA) is 98.0 Å². The summed E-state index contributed by atoms with van der Waals surface area (Å²) in [6.07, 6.45) is 6.37. The highest BCUT2D eigenvalue weighted by Gasteiger charge is 2.19. The number of methoxy groups -OCH3 is 1. The molecule has 0 bridgehead atoms. The third-order valence-corrected chi connectivity index (χ3v) is 6.48. The number of aromatic amines is 1. The van der Waals surface area contributed by atoms with Gasteiger partial charge in [0.05, 0.1) is 32.7 Å². The average Bonchev–Trinajstić information content (AvgIpc) is 3.56. The third-order valence-electron chi connectivity index (χ3n) is 6.48. The molecule has 0 amide bonds. The molecule has 188 valence electrons. The van der Waals surface area contributed by atoms with Crippen molar-refractivity contribution in [1.29, 1.82) is 5.41 Å². The van der Waals surface area contributed by atoms with E-state index in [-0.39, 0.29) is 23.3 Å². The van der Waals surface area contributed by atoms with Crippen LogP contribution in [0.3, 0.4) is 0 Å². The maximum Gasteiger partial charge on any atom is 0.173 e. The van der Waals surface area contributed by atoms with E-state index in [0.29, 0.717) is 35.9 Å². The standard InChI is InChI=1S/C27H30FN5O3/c1-17(15-35-21-9-5-6-19(28)13-21)26-31-24-25(29)30-16-33(27(24)32-26)14-18-10-11-22(34-2)23(12-18)36-20-7-3-4-8-20/h5-6,9-13,16-17,20,29H,3-4,7-8,14-15H2,1-2H3,(H,31,32)/t17-/m0/s1. The molecule has 2 aromatic carbocycles. The Kier molecular flexibility index (Phi) is 6.88. The van der Waals surface area contributed by atoms with E-state index in [1.54, 1.807) is 25.6 Å². The fourth-order valence-corrected chi connectivity index (χ4v) is 4.50. The van der Waals surface area contributed by atoms with E-state index in [4.69, 9.17) is 24.6 Å².